The van der Waals surface area contributed by atoms with Crippen LogP contribution in [0.4, 0.5) is 10.1 Å². The third-order valence-corrected chi connectivity index (χ3v) is 4.72. The number of anilines is 1. The molecular weight excluding hydrogens is 363 g/mol. The predicted molar refractivity (Wildman–Crippen MR) is 106 cm³/mol. The first-order chi connectivity index (χ1) is 13.0. The maximum atomic E-state index is 12.9. The number of carbonyl (C=O) groups is 1. The molecular formula is C20H21FN4OS. The van der Waals surface area contributed by atoms with Gasteiger partial charge in [0, 0.05) is 17.8 Å². The smallest absolute Gasteiger partial charge is 0.234 e. The van der Waals surface area contributed by atoms with Gasteiger partial charge in [0.05, 0.1) is 5.75 Å². The van der Waals surface area contributed by atoms with Gasteiger partial charge < -0.3 is 9.88 Å². The molecule has 0 aliphatic rings. The van der Waals surface area contributed by atoms with Crippen LogP contribution in [-0.2, 0) is 11.3 Å². The Morgan fingerprint density at radius 3 is 2.48 bits per heavy atom. The Hall–Kier alpha value is -2.67. The predicted octanol–water partition coefficient (Wildman–Crippen LogP) is 4.47. The summed E-state index contributed by atoms with van der Waals surface area (Å²) in [4.78, 5) is 12.2. The first-order valence-corrected chi connectivity index (χ1v) is 9.68. The van der Waals surface area contributed by atoms with E-state index < -0.39 is 0 Å². The molecule has 1 heterocycles. The number of aromatic nitrogens is 3. The van der Waals surface area contributed by atoms with E-state index in [4.69, 9.17) is 0 Å². The van der Waals surface area contributed by atoms with Crippen LogP contribution >= 0.6 is 11.8 Å². The number of benzene rings is 2. The fourth-order valence-electron chi connectivity index (χ4n) is 2.59. The minimum Gasteiger partial charge on any atom is -0.325 e. The number of nitrogens with zero attached hydrogens (tertiary/aromatic N) is 3. The Bertz CT molecular complexity index is 894. The zero-order valence-corrected chi connectivity index (χ0v) is 16.0. The van der Waals surface area contributed by atoms with Crippen molar-refractivity contribution in [3.63, 3.8) is 0 Å². The van der Waals surface area contributed by atoms with Gasteiger partial charge in [-0.05, 0) is 30.2 Å². The van der Waals surface area contributed by atoms with Crippen molar-refractivity contribution in [3.8, 4) is 11.4 Å². The van der Waals surface area contributed by atoms with Crippen molar-refractivity contribution >= 4 is 23.4 Å². The molecule has 2 aromatic carbocycles. The Labute approximate surface area is 162 Å². The molecule has 0 unspecified atom stereocenters. The number of amides is 1. The molecule has 0 saturated carbocycles. The molecule has 1 aromatic heterocycles. The van der Waals surface area contributed by atoms with Gasteiger partial charge in [-0.15, -0.1) is 10.2 Å². The monoisotopic (exact) mass is 384 g/mol. The van der Waals surface area contributed by atoms with Gasteiger partial charge in [0.25, 0.3) is 0 Å². The van der Waals surface area contributed by atoms with Gasteiger partial charge in [-0.3, -0.25) is 4.79 Å². The van der Waals surface area contributed by atoms with E-state index in [1.165, 1.54) is 36.0 Å². The van der Waals surface area contributed by atoms with Gasteiger partial charge in [0.1, 0.15) is 5.82 Å². The first kappa shape index (κ1) is 19.1. The lowest BCUT2D eigenvalue weighted by Crippen LogP contribution is -2.15. The average Bonchev–Trinajstić information content (AvgIpc) is 3.04. The molecule has 0 atom stereocenters. The van der Waals surface area contributed by atoms with E-state index in [-0.39, 0.29) is 17.5 Å². The molecule has 140 valence electrons. The van der Waals surface area contributed by atoms with Crippen LogP contribution in [0, 0.1) is 11.7 Å². The Morgan fingerprint density at radius 2 is 1.81 bits per heavy atom. The molecule has 0 radical (unpaired) electrons. The van der Waals surface area contributed by atoms with E-state index in [2.05, 4.69) is 33.9 Å². The van der Waals surface area contributed by atoms with Crippen molar-refractivity contribution < 1.29 is 9.18 Å². The van der Waals surface area contributed by atoms with Crippen molar-refractivity contribution in [1.82, 2.24) is 14.8 Å². The molecule has 7 heteroatoms. The summed E-state index contributed by atoms with van der Waals surface area (Å²) in [5, 5.41) is 12.1. The van der Waals surface area contributed by atoms with E-state index >= 15 is 0 Å². The van der Waals surface area contributed by atoms with Gasteiger partial charge in [-0.2, -0.15) is 0 Å². The van der Waals surface area contributed by atoms with Crippen molar-refractivity contribution in [2.75, 3.05) is 11.1 Å². The van der Waals surface area contributed by atoms with Crippen LogP contribution in [0.25, 0.3) is 11.4 Å². The van der Waals surface area contributed by atoms with Crippen LogP contribution in [0.15, 0.2) is 59.8 Å². The highest BCUT2D eigenvalue weighted by molar-refractivity contribution is 7.99. The van der Waals surface area contributed by atoms with Crippen LogP contribution < -0.4 is 5.32 Å². The maximum Gasteiger partial charge on any atom is 0.234 e. The molecule has 0 saturated heterocycles. The molecule has 1 N–H and O–H groups in total. The summed E-state index contributed by atoms with van der Waals surface area (Å²) in [5.74, 6) is 0.897. The number of rotatable bonds is 7. The first-order valence-electron chi connectivity index (χ1n) is 8.70. The Kier molecular flexibility index (Phi) is 6.24. The summed E-state index contributed by atoms with van der Waals surface area (Å²) >= 11 is 1.34. The fourth-order valence-corrected chi connectivity index (χ4v) is 3.33. The number of thioether (sulfide) groups is 1. The maximum absolute atomic E-state index is 12.9. The average molecular weight is 384 g/mol. The van der Waals surface area contributed by atoms with Crippen LogP contribution in [0.5, 0.6) is 0 Å². The second-order valence-corrected chi connectivity index (χ2v) is 7.46. The summed E-state index contributed by atoms with van der Waals surface area (Å²) in [6.45, 7) is 5.02. The topological polar surface area (TPSA) is 59.8 Å². The van der Waals surface area contributed by atoms with E-state index in [0.717, 1.165) is 17.9 Å². The number of carbonyl (C=O) groups excluding carboxylic acids is 1. The summed E-state index contributed by atoms with van der Waals surface area (Å²) in [7, 11) is 0. The highest BCUT2D eigenvalue weighted by atomic mass is 32.2. The molecule has 0 bridgehead atoms. The highest BCUT2D eigenvalue weighted by Crippen LogP contribution is 2.25. The lowest BCUT2D eigenvalue weighted by molar-refractivity contribution is -0.113. The lowest BCUT2D eigenvalue weighted by Gasteiger charge is -2.12. The summed E-state index contributed by atoms with van der Waals surface area (Å²) in [5.41, 5.74) is 1.56. The van der Waals surface area contributed by atoms with E-state index in [9.17, 15) is 9.18 Å². The minimum absolute atomic E-state index is 0.174. The summed E-state index contributed by atoms with van der Waals surface area (Å²) in [6.07, 6.45) is 0. The highest BCUT2D eigenvalue weighted by Gasteiger charge is 2.16. The number of nitrogens with one attached hydrogen (secondary N) is 1. The van der Waals surface area contributed by atoms with Crippen molar-refractivity contribution in [2.24, 2.45) is 5.92 Å². The zero-order valence-electron chi connectivity index (χ0n) is 15.2. The van der Waals surface area contributed by atoms with E-state index in [1.807, 2.05) is 30.3 Å². The third kappa shape index (κ3) is 5.17. The standard InChI is InChI=1S/C20H21FN4OS/c1-14(2)12-25-19(15-6-4-3-5-7-15)23-24-20(25)27-13-18(26)22-17-10-8-16(21)9-11-17/h3-11,14H,12-13H2,1-2H3,(H,22,26). The molecule has 0 aliphatic heterocycles. The SMILES string of the molecule is CC(C)Cn1c(SCC(=O)Nc2ccc(F)cc2)nnc1-c1ccccc1. The Balaban J connectivity index is 1.71. The van der Waals surface area contributed by atoms with Crippen LogP contribution in [0.2, 0.25) is 0 Å². The van der Waals surface area contributed by atoms with Gasteiger partial charge >= 0.3 is 0 Å². The quantitative estimate of drug-likeness (QED) is 0.611. The summed E-state index contributed by atoms with van der Waals surface area (Å²) < 4.78 is 15.0. The van der Waals surface area contributed by atoms with E-state index in [1.54, 1.807) is 0 Å². The second kappa shape index (κ2) is 8.81. The van der Waals surface area contributed by atoms with Gasteiger partial charge in [0.2, 0.25) is 5.91 Å². The van der Waals surface area contributed by atoms with Gasteiger partial charge in [-0.25, -0.2) is 4.39 Å². The van der Waals surface area contributed by atoms with Crippen LogP contribution in [-0.4, -0.2) is 26.4 Å². The van der Waals surface area contributed by atoms with Crippen molar-refractivity contribution in [2.45, 2.75) is 25.5 Å². The summed E-state index contributed by atoms with van der Waals surface area (Å²) in [6, 6.07) is 15.6. The molecule has 0 spiro atoms. The third-order valence-electron chi connectivity index (χ3n) is 3.76. The normalized spacial score (nSPS) is 11.0. The van der Waals surface area contributed by atoms with Crippen LogP contribution in [0.1, 0.15) is 13.8 Å². The Morgan fingerprint density at radius 1 is 1.11 bits per heavy atom. The molecule has 3 rings (SSSR count). The lowest BCUT2D eigenvalue weighted by atomic mass is 10.2. The number of hydrogen-bond donors (Lipinski definition) is 1. The number of hydrogen-bond acceptors (Lipinski definition) is 4. The van der Waals surface area contributed by atoms with Gasteiger partial charge in [-0.1, -0.05) is 55.9 Å². The molecule has 27 heavy (non-hydrogen) atoms. The zero-order chi connectivity index (χ0) is 19.2. The molecule has 1 amide bonds. The van der Waals surface area contributed by atoms with Gasteiger partial charge in [0.15, 0.2) is 11.0 Å². The van der Waals surface area contributed by atoms with Crippen molar-refractivity contribution in [3.05, 3.63) is 60.4 Å². The largest absolute Gasteiger partial charge is 0.325 e. The fraction of sp³-hybridized carbons (Fsp3) is 0.250. The number of halogens is 1. The van der Waals surface area contributed by atoms with Crippen molar-refractivity contribution in [1.29, 1.82) is 0 Å². The molecule has 3 aromatic rings. The second-order valence-electron chi connectivity index (χ2n) is 6.52. The minimum atomic E-state index is -0.336. The molecule has 0 aliphatic carbocycles. The molecule has 0 fully saturated rings. The molecule has 5 nitrogen and oxygen atoms in total. The van der Waals surface area contributed by atoms with Crippen LogP contribution in [0.3, 0.4) is 0 Å². The van der Waals surface area contributed by atoms with E-state index in [0.29, 0.717) is 16.8 Å².